The molecule has 7 heteroatoms. The van der Waals surface area contributed by atoms with E-state index in [-0.39, 0.29) is 11.8 Å². The van der Waals surface area contributed by atoms with Crippen molar-refractivity contribution >= 4 is 23.4 Å². The Morgan fingerprint density at radius 3 is 2.48 bits per heavy atom. The van der Waals surface area contributed by atoms with Crippen LogP contribution >= 0.6 is 11.6 Å². The van der Waals surface area contributed by atoms with Crippen molar-refractivity contribution < 1.29 is 9.59 Å². The lowest BCUT2D eigenvalue weighted by molar-refractivity contribution is -0.134. The van der Waals surface area contributed by atoms with E-state index in [2.05, 4.69) is 0 Å². The minimum absolute atomic E-state index is 0.0332. The van der Waals surface area contributed by atoms with E-state index in [0.29, 0.717) is 23.6 Å². The predicted octanol–water partition coefficient (Wildman–Crippen LogP) is 1.57. The van der Waals surface area contributed by atoms with Crippen LogP contribution in [0.15, 0.2) is 36.0 Å². The van der Waals surface area contributed by atoms with Crippen LogP contribution in [0.25, 0.3) is 0 Å². The summed E-state index contributed by atoms with van der Waals surface area (Å²) in [5, 5.41) is 0.624. The van der Waals surface area contributed by atoms with Gasteiger partial charge in [0.25, 0.3) is 5.91 Å². The number of fused-ring (bicyclic) bond motifs is 1. The summed E-state index contributed by atoms with van der Waals surface area (Å²) in [7, 11) is 7.50. The second-order valence-electron chi connectivity index (χ2n) is 6.92. The van der Waals surface area contributed by atoms with Crippen molar-refractivity contribution in [1.29, 1.82) is 0 Å². The summed E-state index contributed by atoms with van der Waals surface area (Å²) in [6.45, 7) is 0.383. The quantitative estimate of drug-likeness (QED) is 0.763. The van der Waals surface area contributed by atoms with Crippen molar-refractivity contribution in [3.05, 3.63) is 46.6 Å². The van der Waals surface area contributed by atoms with E-state index in [1.54, 1.807) is 16.0 Å². The summed E-state index contributed by atoms with van der Waals surface area (Å²) in [5.74, 6) is -0.110. The first kappa shape index (κ1) is 17.8. The molecule has 2 aliphatic rings. The van der Waals surface area contributed by atoms with Gasteiger partial charge in [0.2, 0.25) is 5.91 Å². The lowest BCUT2D eigenvalue weighted by Gasteiger charge is -2.34. The van der Waals surface area contributed by atoms with Crippen molar-refractivity contribution in [3.63, 3.8) is 0 Å². The number of rotatable bonds is 4. The molecule has 0 saturated carbocycles. The molecule has 2 heterocycles. The summed E-state index contributed by atoms with van der Waals surface area (Å²) >= 11 is 6.26. The third-order valence-corrected chi connectivity index (χ3v) is 4.90. The fourth-order valence-corrected chi connectivity index (χ4v) is 3.74. The third-order valence-electron chi connectivity index (χ3n) is 4.53. The molecule has 2 amide bonds. The number of carbonyl (C=O) groups excluding carboxylic acids is 2. The number of halogens is 1. The average molecular weight is 363 g/mol. The highest BCUT2D eigenvalue weighted by molar-refractivity contribution is 6.31. The molecule has 0 bridgehead atoms. The lowest BCUT2D eigenvalue weighted by atomic mass is 10.1. The van der Waals surface area contributed by atoms with Crippen LogP contribution in [0.3, 0.4) is 0 Å². The van der Waals surface area contributed by atoms with Crippen molar-refractivity contribution in [1.82, 2.24) is 19.6 Å². The largest absolute Gasteiger partial charge is 0.383 e. The summed E-state index contributed by atoms with van der Waals surface area (Å²) in [6.07, 6.45) is 1.84. The van der Waals surface area contributed by atoms with Gasteiger partial charge in [-0.05, 0) is 25.7 Å². The zero-order valence-electron chi connectivity index (χ0n) is 14.9. The Balaban J connectivity index is 1.92. The number of benzene rings is 1. The number of hydrogen-bond acceptors (Lipinski definition) is 4. The second kappa shape index (κ2) is 6.69. The average Bonchev–Trinajstić information content (AvgIpc) is 2.98. The van der Waals surface area contributed by atoms with E-state index in [1.165, 1.54) is 0 Å². The smallest absolute Gasteiger partial charge is 0.254 e. The summed E-state index contributed by atoms with van der Waals surface area (Å²) in [6, 6.07) is 7.04. The highest BCUT2D eigenvalue weighted by atomic mass is 35.5. The fraction of sp³-hybridized carbons (Fsp3) is 0.444. The Hall–Kier alpha value is -2.05. The van der Waals surface area contributed by atoms with Crippen molar-refractivity contribution in [3.8, 4) is 0 Å². The fourth-order valence-electron chi connectivity index (χ4n) is 3.55. The number of nitrogens with zero attached hydrogens (tertiary/aromatic N) is 4. The van der Waals surface area contributed by atoms with E-state index >= 15 is 0 Å². The minimum Gasteiger partial charge on any atom is -0.383 e. The first-order valence-electron chi connectivity index (χ1n) is 8.21. The number of carbonyl (C=O) groups is 2. The van der Waals surface area contributed by atoms with E-state index in [1.807, 2.05) is 62.3 Å². The minimum atomic E-state index is -0.436. The van der Waals surface area contributed by atoms with Crippen LogP contribution in [-0.2, 0) is 16.1 Å². The topological polar surface area (TPSA) is 47.1 Å². The molecule has 2 saturated heterocycles. The maximum atomic E-state index is 13.0. The molecule has 2 aliphatic heterocycles. The van der Waals surface area contributed by atoms with Crippen LogP contribution in [0.2, 0.25) is 5.02 Å². The molecule has 0 aromatic heterocycles. The molecule has 1 aromatic rings. The molecule has 1 aromatic carbocycles. The Bertz CT molecular complexity index is 732. The van der Waals surface area contributed by atoms with Crippen molar-refractivity contribution in [2.45, 2.75) is 25.3 Å². The van der Waals surface area contributed by atoms with Crippen molar-refractivity contribution in [2.75, 3.05) is 28.2 Å². The molecule has 0 N–H and O–H groups in total. The maximum absolute atomic E-state index is 13.0. The molecule has 134 valence electrons. The molecule has 0 spiro atoms. The van der Waals surface area contributed by atoms with E-state index < -0.39 is 12.3 Å². The van der Waals surface area contributed by atoms with Crippen LogP contribution in [0, 0.1) is 0 Å². The zero-order valence-corrected chi connectivity index (χ0v) is 15.7. The Labute approximate surface area is 153 Å². The third kappa shape index (κ3) is 3.12. The van der Waals surface area contributed by atoms with E-state index in [0.717, 1.165) is 5.56 Å². The molecule has 25 heavy (non-hydrogen) atoms. The number of hydrogen-bond donors (Lipinski definition) is 0. The van der Waals surface area contributed by atoms with Gasteiger partial charge in [0.1, 0.15) is 6.04 Å². The van der Waals surface area contributed by atoms with Crippen LogP contribution in [0.1, 0.15) is 12.0 Å². The molecule has 0 aliphatic carbocycles. The van der Waals surface area contributed by atoms with Gasteiger partial charge in [0.15, 0.2) is 6.29 Å². The van der Waals surface area contributed by atoms with Crippen molar-refractivity contribution in [2.24, 2.45) is 0 Å². The molecular weight excluding hydrogens is 340 g/mol. The first-order valence-corrected chi connectivity index (χ1v) is 8.59. The van der Waals surface area contributed by atoms with Crippen LogP contribution in [-0.4, -0.2) is 71.9 Å². The van der Waals surface area contributed by atoms with Crippen LogP contribution in [0.4, 0.5) is 0 Å². The molecule has 6 nitrogen and oxygen atoms in total. The molecule has 3 rings (SSSR count). The van der Waals surface area contributed by atoms with Gasteiger partial charge < -0.3 is 9.80 Å². The molecule has 2 unspecified atom stereocenters. The van der Waals surface area contributed by atoms with E-state index in [9.17, 15) is 9.59 Å². The van der Waals surface area contributed by atoms with Gasteiger partial charge in [0.05, 0.1) is 6.54 Å². The summed E-state index contributed by atoms with van der Waals surface area (Å²) < 4.78 is 0. The highest BCUT2D eigenvalue weighted by Gasteiger charge is 2.54. The number of amides is 2. The van der Waals surface area contributed by atoms with Crippen LogP contribution in [0.5, 0.6) is 0 Å². The first-order chi connectivity index (χ1) is 11.8. The van der Waals surface area contributed by atoms with Gasteiger partial charge in [-0.25, -0.2) is 0 Å². The summed E-state index contributed by atoms with van der Waals surface area (Å²) in [5.41, 5.74) is 1.55. The monoisotopic (exact) mass is 362 g/mol. The second-order valence-corrected chi connectivity index (χ2v) is 7.33. The Morgan fingerprint density at radius 2 is 1.88 bits per heavy atom. The molecule has 2 fully saturated rings. The normalized spacial score (nSPS) is 24.6. The predicted molar refractivity (Wildman–Crippen MR) is 96.5 cm³/mol. The molecular formula is C18H23ClN4O2. The molecule has 2 atom stereocenters. The van der Waals surface area contributed by atoms with Gasteiger partial charge in [-0.1, -0.05) is 29.8 Å². The zero-order chi connectivity index (χ0) is 18.3. The standard InChI is InChI=1S/C18H23ClN4O2/c1-20(2)10-13-9-15-17(25)22(11-12-7-5-6-8-14(12)19)18(21(3)4)23(15)16(13)24/h5-8,10,15,18H,9,11H2,1-4H3/b13-10+. The SMILES string of the molecule is CN(C)/C=C1\CC2C(=O)N(Cc3ccccc3Cl)C(N(C)C)N2C1=O. The van der Waals surface area contributed by atoms with Gasteiger partial charge in [-0.2, -0.15) is 0 Å². The summed E-state index contributed by atoms with van der Waals surface area (Å²) in [4.78, 5) is 33.0. The highest BCUT2D eigenvalue weighted by Crippen LogP contribution is 2.36. The van der Waals surface area contributed by atoms with Crippen LogP contribution < -0.4 is 0 Å². The van der Waals surface area contributed by atoms with E-state index in [4.69, 9.17) is 11.6 Å². The van der Waals surface area contributed by atoms with Gasteiger partial charge in [-0.15, -0.1) is 0 Å². The van der Waals surface area contributed by atoms with Gasteiger partial charge >= 0.3 is 0 Å². The Morgan fingerprint density at radius 1 is 1.20 bits per heavy atom. The van der Waals surface area contributed by atoms with Gasteiger partial charge in [-0.3, -0.25) is 19.4 Å². The molecule has 0 radical (unpaired) electrons. The van der Waals surface area contributed by atoms with Gasteiger partial charge in [0, 0.05) is 37.3 Å². The lowest BCUT2D eigenvalue weighted by Crippen LogP contribution is -2.50. The maximum Gasteiger partial charge on any atom is 0.254 e. The Kier molecular flexibility index (Phi) is 4.75.